The van der Waals surface area contributed by atoms with Crippen molar-refractivity contribution in [2.75, 3.05) is 0 Å². The summed E-state index contributed by atoms with van der Waals surface area (Å²) in [6, 6.07) is 43.7. The van der Waals surface area contributed by atoms with E-state index in [-0.39, 0.29) is 0 Å². The fourth-order valence-corrected chi connectivity index (χ4v) is 6.88. The van der Waals surface area contributed by atoms with Gasteiger partial charge in [0.1, 0.15) is 0 Å². The maximum Gasteiger partial charge on any atom is 0.0754 e. The molecule has 0 saturated carbocycles. The lowest BCUT2D eigenvalue weighted by Crippen LogP contribution is -2.04. The third-order valence-corrected chi connectivity index (χ3v) is 8.75. The third kappa shape index (κ3) is 3.05. The Bertz CT molecular complexity index is 2090. The summed E-state index contributed by atoms with van der Waals surface area (Å²) >= 11 is 0. The first kappa shape index (κ1) is 21.8. The van der Waals surface area contributed by atoms with E-state index in [4.69, 9.17) is 9.98 Å². The number of aliphatic imine (C=N–C) groups is 2. The highest BCUT2D eigenvalue weighted by Crippen LogP contribution is 2.44. The van der Waals surface area contributed by atoms with Crippen LogP contribution >= 0.6 is 0 Å². The molecule has 2 heterocycles. The summed E-state index contributed by atoms with van der Waals surface area (Å²) in [4.78, 5) is 10.4. The molecule has 0 amide bonds. The Morgan fingerprint density at radius 1 is 0.325 bits per heavy atom. The van der Waals surface area contributed by atoms with Crippen molar-refractivity contribution in [1.29, 1.82) is 0 Å². The minimum atomic E-state index is 0.852. The second kappa shape index (κ2) is 8.21. The Labute approximate surface area is 232 Å². The summed E-state index contributed by atoms with van der Waals surface area (Å²) in [5.74, 6) is 0. The molecule has 40 heavy (non-hydrogen) atoms. The van der Waals surface area contributed by atoms with Crippen molar-refractivity contribution in [3.05, 3.63) is 144 Å². The summed E-state index contributed by atoms with van der Waals surface area (Å²) in [5, 5.41) is 10.3. The zero-order valence-corrected chi connectivity index (χ0v) is 21.9. The van der Waals surface area contributed by atoms with Crippen LogP contribution < -0.4 is 0 Å². The van der Waals surface area contributed by atoms with E-state index in [0.717, 1.165) is 35.6 Å². The molecule has 0 bridgehead atoms. The molecule has 7 aromatic carbocycles. The number of benzene rings is 7. The van der Waals surface area contributed by atoms with Crippen LogP contribution in [0.3, 0.4) is 0 Å². The van der Waals surface area contributed by atoms with Gasteiger partial charge in [-0.1, -0.05) is 121 Å². The van der Waals surface area contributed by atoms with Crippen molar-refractivity contribution < 1.29 is 0 Å². The Morgan fingerprint density at radius 3 is 1.00 bits per heavy atom. The van der Waals surface area contributed by atoms with Gasteiger partial charge in [-0.2, -0.15) is 0 Å². The van der Waals surface area contributed by atoms with Gasteiger partial charge >= 0.3 is 0 Å². The average molecular weight is 509 g/mol. The molecule has 9 rings (SSSR count). The van der Waals surface area contributed by atoms with Crippen molar-refractivity contribution >= 4 is 65.9 Å². The van der Waals surface area contributed by atoms with Gasteiger partial charge in [0.15, 0.2) is 0 Å². The Morgan fingerprint density at radius 2 is 0.625 bits per heavy atom. The van der Waals surface area contributed by atoms with E-state index in [9.17, 15) is 0 Å². The first-order chi connectivity index (χ1) is 19.8. The molecule has 2 nitrogen and oxygen atoms in total. The monoisotopic (exact) mass is 508 g/mol. The van der Waals surface area contributed by atoms with E-state index in [1.165, 1.54) is 65.3 Å². The van der Waals surface area contributed by atoms with Crippen molar-refractivity contribution in [2.24, 2.45) is 9.98 Å². The molecule has 0 saturated heterocycles. The fourth-order valence-electron chi connectivity index (χ4n) is 6.88. The van der Waals surface area contributed by atoms with Gasteiger partial charge in [0.25, 0.3) is 0 Å². The van der Waals surface area contributed by atoms with Gasteiger partial charge in [-0.15, -0.1) is 0 Å². The first-order valence-corrected chi connectivity index (χ1v) is 13.9. The number of rotatable bonds is 2. The van der Waals surface area contributed by atoms with Gasteiger partial charge in [-0.25, -0.2) is 0 Å². The molecule has 2 aliphatic heterocycles. The molecular formula is C38H24N2. The lowest BCUT2D eigenvalue weighted by Gasteiger charge is -2.10. The van der Waals surface area contributed by atoms with Crippen LogP contribution in [-0.4, -0.2) is 11.4 Å². The summed E-state index contributed by atoms with van der Waals surface area (Å²) in [7, 11) is 0. The first-order valence-electron chi connectivity index (χ1n) is 13.9. The highest BCUT2D eigenvalue weighted by molar-refractivity contribution is 6.22. The zero-order valence-electron chi connectivity index (χ0n) is 21.9. The number of hydrogen-bond donors (Lipinski definition) is 0. The van der Waals surface area contributed by atoms with Crippen molar-refractivity contribution in [3.8, 4) is 0 Å². The van der Waals surface area contributed by atoms with E-state index < -0.39 is 0 Å². The van der Waals surface area contributed by atoms with E-state index in [2.05, 4.69) is 121 Å². The second-order valence-corrected chi connectivity index (χ2v) is 10.9. The van der Waals surface area contributed by atoms with Gasteiger partial charge in [0.2, 0.25) is 0 Å². The quantitative estimate of drug-likeness (QED) is 0.208. The zero-order chi connectivity index (χ0) is 26.2. The van der Waals surface area contributed by atoms with Gasteiger partial charge in [0, 0.05) is 23.6 Å². The van der Waals surface area contributed by atoms with Crippen LogP contribution in [0.25, 0.3) is 43.1 Å². The molecule has 0 fully saturated rings. The summed E-state index contributed by atoms with van der Waals surface area (Å²) < 4.78 is 0. The minimum Gasteiger partial charge on any atom is -0.252 e. The normalized spacial score (nSPS) is 14.1. The maximum absolute atomic E-state index is 5.21. The average Bonchev–Trinajstić information content (AvgIpc) is 3.68. The molecule has 0 N–H and O–H groups in total. The summed E-state index contributed by atoms with van der Waals surface area (Å²) in [6.45, 7) is 0. The third-order valence-electron chi connectivity index (χ3n) is 8.75. The molecule has 2 heteroatoms. The van der Waals surface area contributed by atoms with Crippen LogP contribution in [0.5, 0.6) is 0 Å². The predicted octanol–water partition coefficient (Wildman–Crippen LogP) is 9.65. The lowest BCUT2D eigenvalue weighted by molar-refractivity contribution is 1.41. The van der Waals surface area contributed by atoms with E-state index in [1.54, 1.807) is 0 Å². The van der Waals surface area contributed by atoms with Gasteiger partial charge in [-0.05, 0) is 54.6 Å². The van der Waals surface area contributed by atoms with Gasteiger partial charge < -0.3 is 0 Å². The smallest absolute Gasteiger partial charge is 0.0754 e. The molecule has 7 aromatic rings. The van der Waals surface area contributed by atoms with E-state index >= 15 is 0 Å². The largest absolute Gasteiger partial charge is 0.252 e. The standard InChI is InChI=1S/C38H24N2/c1-3-13-29-25(9-1)27-11-5-7-15-31(27)37-33(29)21-35(39-37)23-17-19-24(20-18-23)36-22-34-30-14-4-2-10-26(30)28-12-6-8-16-32(28)38(34)40-36/h1-20H,21-22H2. The minimum absolute atomic E-state index is 0.852. The van der Waals surface area contributed by atoms with E-state index in [1.807, 2.05) is 0 Å². The fraction of sp³-hybridized carbons (Fsp3) is 0.0526. The molecule has 0 unspecified atom stereocenters. The molecule has 0 spiro atoms. The number of fused-ring (bicyclic) bond motifs is 12. The van der Waals surface area contributed by atoms with Crippen LogP contribution in [0.2, 0.25) is 0 Å². The van der Waals surface area contributed by atoms with Crippen molar-refractivity contribution in [2.45, 2.75) is 12.8 Å². The SMILES string of the molecule is c1ccc2c(c1)c1c(c3ccccc32)N=C(c2ccc(C3=Nc4c(c5ccccc5c5ccccc45)C3)cc2)C1. The lowest BCUT2D eigenvalue weighted by atomic mass is 9.92. The van der Waals surface area contributed by atoms with E-state index in [0.29, 0.717) is 0 Å². The highest BCUT2D eigenvalue weighted by Gasteiger charge is 2.24. The van der Waals surface area contributed by atoms with Crippen molar-refractivity contribution in [1.82, 2.24) is 0 Å². The molecule has 0 atom stereocenters. The topological polar surface area (TPSA) is 24.7 Å². The molecule has 186 valence electrons. The van der Waals surface area contributed by atoms with Crippen LogP contribution in [0, 0.1) is 0 Å². The summed E-state index contributed by atoms with van der Waals surface area (Å²) in [6.07, 6.45) is 1.70. The highest BCUT2D eigenvalue weighted by atomic mass is 14.8. The van der Waals surface area contributed by atoms with Crippen LogP contribution in [0.1, 0.15) is 22.3 Å². The Balaban J connectivity index is 1.11. The van der Waals surface area contributed by atoms with Crippen LogP contribution in [0.15, 0.2) is 131 Å². The van der Waals surface area contributed by atoms with Crippen LogP contribution in [0.4, 0.5) is 11.4 Å². The van der Waals surface area contributed by atoms with Gasteiger partial charge in [0.05, 0.1) is 22.8 Å². The molecule has 0 radical (unpaired) electrons. The van der Waals surface area contributed by atoms with Gasteiger partial charge in [-0.3, -0.25) is 9.98 Å². The molecule has 0 aliphatic carbocycles. The molecule has 0 aromatic heterocycles. The van der Waals surface area contributed by atoms with Crippen LogP contribution in [-0.2, 0) is 12.8 Å². The second-order valence-electron chi connectivity index (χ2n) is 10.9. The molecular weight excluding hydrogens is 484 g/mol. The summed E-state index contributed by atoms with van der Waals surface area (Å²) in [5.41, 5.74) is 9.56. The molecule has 2 aliphatic rings. The maximum atomic E-state index is 5.21. The Kier molecular flexibility index (Phi) is 4.48. The van der Waals surface area contributed by atoms with Crippen molar-refractivity contribution in [3.63, 3.8) is 0 Å². The predicted molar refractivity (Wildman–Crippen MR) is 169 cm³/mol. The number of hydrogen-bond acceptors (Lipinski definition) is 2. The Hall–Kier alpha value is -5.08. The number of nitrogens with zero attached hydrogens (tertiary/aromatic N) is 2.